The average molecular weight is 271 g/mol. The molecule has 98 valence electrons. The first kappa shape index (κ1) is 14.0. The Balaban J connectivity index is 3.55. The second kappa shape index (κ2) is 3.98. The minimum atomic E-state index is -4.97. The van der Waals surface area contributed by atoms with Crippen molar-refractivity contribution >= 4 is 10.0 Å². The summed E-state index contributed by atoms with van der Waals surface area (Å²) in [5.74, 6) is 0. The predicted molar refractivity (Wildman–Crippen MR) is 54.6 cm³/mol. The zero-order chi connectivity index (χ0) is 13.6. The second-order valence-electron chi connectivity index (χ2n) is 3.72. The predicted octanol–water partition coefficient (Wildman–Crippen LogP) is 0.929. The summed E-state index contributed by atoms with van der Waals surface area (Å²) in [6, 6.07) is 0. The molecule has 1 rings (SSSR count). The highest BCUT2D eigenvalue weighted by Crippen LogP contribution is 2.40. The van der Waals surface area contributed by atoms with Crippen molar-refractivity contribution in [3.63, 3.8) is 0 Å². The van der Waals surface area contributed by atoms with Gasteiger partial charge >= 0.3 is 6.18 Å². The fourth-order valence-corrected chi connectivity index (χ4v) is 2.73. The molecule has 2 N–H and O–H groups in total. The highest BCUT2D eigenvalue weighted by atomic mass is 32.2. The van der Waals surface area contributed by atoms with Gasteiger partial charge in [0.1, 0.15) is 0 Å². The van der Waals surface area contributed by atoms with Crippen LogP contribution in [0, 0.1) is 13.8 Å². The van der Waals surface area contributed by atoms with Gasteiger partial charge in [-0.2, -0.15) is 18.3 Å². The van der Waals surface area contributed by atoms with Gasteiger partial charge in [0.15, 0.2) is 5.25 Å². The number of alkyl halides is 3. The molecule has 1 aromatic rings. The Kier molecular flexibility index (Phi) is 3.27. The number of rotatable bonds is 2. The van der Waals surface area contributed by atoms with Gasteiger partial charge in [-0.1, -0.05) is 0 Å². The molecule has 0 aliphatic heterocycles. The molecule has 0 amide bonds. The van der Waals surface area contributed by atoms with Crippen LogP contribution in [-0.4, -0.2) is 24.4 Å². The van der Waals surface area contributed by atoms with Crippen LogP contribution in [0.25, 0.3) is 0 Å². The number of halogens is 3. The summed E-state index contributed by atoms with van der Waals surface area (Å²) < 4.78 is 61.7. The lowest BCUT2D eigenvalue weighted by Gasteiger charge is -2.18. The minimum absolute atomic E-state index is 0.00125. The van der Waals surface area contributed by atoms with Gasteiger partial charge in [-0.25, -0.2) is 13.6 Å². The summed E-state index contributed by atoms with van der Waals surface area (Å²) in [5, 5.41) is 5.68. The summed E-state index contributed by atoms with van der Waals surface area (Å²) in [7, 11) is -3.35. The van der Waals surface area contributed by atoms with E-state index in [4.69, 9.17) is 0 Å². The van der Waals surface area contributed by atoms with Crippen LogP contribution >= 0.6 is 0 Å². The molecule has 0 spiro atoms. The lowest BCUT2D eigenvalue weighted by molar-refractivity contribution is -0.131. The highest BCUT2D eigenvalue weighted by molar-refractivity contribution is 7.89. The lowest BCUT2D eigenvalue weighted by atomic mass is 10.1. The zero-order valence-corrected chi connectivity index (χ0v) is 10.2. The largest absolute Gasteiger partial charge is 0.410 e. The monoisotopic (exact) mass is 271 g/mol. The third-order valence-electron chi connectivity index (χ3n) is 2.45. The van der Waals surface area contributed by atoms with Crippen molar-refractivity contribution in [2.45, 2.75) is 25.3 Å². The molecule has 1 heterocycles. The molecule has 1 atom stereocenters. The molecule has 1 unspecified atom stereocenters. The third kappa shape index (κ3) is 2.60. The Morgan fingerprint density at radius 3 is 2.06 bits per heavy atom. The molecule has 0 aliphatic rings. The molecule has 0 fully saturated rings. The molecule has 9 heteroatoms. The van der Waals surface area contributed by atoms with Crippen molar-refractivity contribution in [3.8, 4) is 0 Å². The molecule has 0 aliphatic carbocycles. The van der Waals surface area contributed by atoms with E-state index in [1.807, 2.05) is 0 Å². The summed E-state index contributed by atoms with van der Waals surface area (Å²) in [5.41, 5.74) is -0.275. The summed E-state index contributed by atoms with van der Waals surface area (Å²) >= 11 is 0. The highest BCUT2D eigenvalue weighted by Gasteiger charge is 2.50. The maximum Gasteiger partial charge on any atom is 0.410 e. The molecule has 0 bridgehead atoms. The second-order valence-corrected chi connectivity index (χ2v) is 5.37. The van der Waals surface area contributed by atoms with Gasteiger partial charge in [0.2, 0.25) is 10.0 Å². The van der Waals surface area contributed by atoms with Crippen LogP contribution in [0.3, 0.4) is 0 Å². The van der Waals surface area contributed by atoms with Crippen LogP contribution in [0.15, 0.2) is 0 Å². The van der Waals surface area contributed by atoms with E-state index in [0.717, 1.165) is 0 Å². The Bertz CT molecular complexity index is 533. The standard InChI is InChI=1S/C8H12F3N3O2S/c1-4-6(5(2)14(3)13-4)7(8(9,10)11)17(12,15)16/h7H,1-3H3,(H2,12,15,16). The van der Waals surface area contributed by atoms with E-state index in [1.54, 1.807) is 0 Å². The van der Waals surface area contributed by atoms with Crippen LogP contribution in [0.5, 0.6) is 0 Å². The van der Waals surface area contributed by atoms with Gasteiger partial charge in [-0.3, -0.25) is 4.68 Å². The van der Waals surface area contributed by atoms with E-state index in [1.165, 1.54) is 25.6 Å². The Labute approximate surface area is 96.5 Å². The van der Waals surface area contributed by atoms with E-state index in [9.17, 15) is 21.6 Å². The number of aromatic nitrogens is 2. The minimum Gasteiger partial charge on any atom is -0.272 e. The molecule has 0 saturated carbocycles. The third-order valence-corrected chi connectivity index (χ3v) is 3.61. The van der Waals surface area contributed by atoms with Crippen molar-refractivity contribution in [1.29, 1.82) is 0 Å². The van der Waals surface area contributed by atoms with Crippen molar-refractivity contribution in [3.05, 3.63) is 17.0 Å². The number of sulfonamides is 1. The van der Waals surface area contributed by atoms with Gasteiger partial charge in [0, 0.05) is 18.3 Å². The number of nitrogens with two attached hydrogens (primary N) is 1. The van der Waals surface area contributed by atoms with Gasteiger partial charge in [0.25, 0.3) is 0 Å². The lowest BCUT2D eigenvalue weighted by Crippen LogP contribution is -2.34. The van der Waals surface area contributed by atoms with Crippen LogP contribution in [0.2, 0.25) is 0 Å². The number of hydrogen-bond acceptors (Lipinski definition) is 3. The van der Waals surface area contributed by atoms with Crippen LogP contribution in [0.1, 0.15) is 22.2 Å². The molecule has 17 heavy (non-hydrogen) atoms. The fourth-order valence-electron chi connectivity index (χ4n) is 1.68. The van der Waals surface area contributed by atoms with Gasteiger partial charge in [0.05, 0.1) is 5.69 Å². The molecule has 0 saturated heterocycles. The number of nitrogens with zero attached hydrogens (tertiary/aromatic N) is 2. The van der Waals surface area contributed by atoms with E-state index in [2.05, 4.69) is 10.2 Å². The van der Waals surface area contributed by atoms with Gasteiger partial charge in [-0.05, 0) is 13.8 Å². The number of aryl methyl sites for hydroxylation is 2. The normalized spacial score (nSPS) is 15.0. The zero-order valence-electron chi connectivity index (χ0n) is 9.41. The van der Waals surface area contributed by atoms with E-state index in [0.29, 0.717) is 0 Å². The molecule has 0 radical (unpaired) electrons. The van der Waals surface area contributed by atoms with Crippen LogP contribution in [-0.2, 0) is 17.1 Å². The maximum atomic E-state index is 12.8. The topological polar surface area (TPSA) is 78.0 Å². The molecule has 5 nitrogen and oxygen atoms in total. The Hall–Kier alpha value is -1.09. The van der Waals surface area contributed by atoms with Crippen LogP contribution in [0.4, 0.5) is 13.2 Å². The summed E-state index contributed by atoms with van der Waals surface area (Å²) in [6.07, 6.45) is -4.97. The fraction of sp³-hybridized carbons (Fsp3) is 0.625. The van der Waals surface area contributed by atoms with E-state index < -0.39 is 27.0 Å². The molecule has 1 aromatic heterocycles. The Morgan fingerprint density at radius 2 is 1.82 bits per heavy atom. The van der Waals surface area contributed by atoms with Crippen LogP contribution < -0.4 is 5.14 Å². The first-order chi connectivity index (χ1) is 7.46. The van der Waals surface area contributed by atoms with Crippen molar-refractivity contribution in [1.82, 2.24) is 9.78 Å². The first-order valence-corrected chi connectivity index (χ1v) is 6.15. The summed E-state index contributed by atoms with van der Waals surface area (Å²) in [6.45, 7) is 2.67. The first-order valence-electron chi connectivity index (χ1n) is 4.54. The molecule has 0 aromatic carbocycles. The average Bonchev–Trinajstić information content (AvgIpc) is 2.27. The van der Waals surface area contributed by atoms with E-state index >= 15 is 0 Å². The molecular formula is C8H12F3N3O2S. The smallest absolute Gasteiger partial charge is 0.272 e. The Morgan fingerprint density at radius 1 is 1.35 bits per heavy atom. The molecular weight excluding hydrogens is 259 g/mol. The van der Waals surface area contributed by atoms with Gasteiger partial charge in [-0.15, -0.1) is 0 Å². The number of hydrogen-bond donors (Lipinski definition) is 1. The van der Waals surface area contributed by atoms with E-state index in [-0.39, 0.29) is 11.4 Å². The van der Waals surface area contributed by atoms with Gasteiger partial charge < -0.3 is 0 Å². The SMILES string of the molecule is Cc1nn(C)c(C)c1C(C(F)(F)F)S(N)(=O)=O. The summed E-state index contributed by atoms with van der Waals surface area (Å²) in [4.78, 5) is 0. The van der Waals surface area contributed by atoms with Crippen molar-refractivity contribution in [2.75, 3.05) is 0 Å². The number of primary sulfonamides is 1. The van der Waals surface area contributed by atoms with Crippen molar-refractivity contribution in [2.24, 2.45) is 12.2 Å². The quantitative estimate of drug-likeness (QED) is 0.869. The maximum absolute atomic E-state index is 12.8. The van der Waals surface area contributed by atoms with Crippen molar-refractivity contribution < 1.29 is 21.6 Å².